The van der Waals surface area contributed by atoms with Crippen LogP contribution in [0.2, 0.25) is 5.02 Å². The first-order chi connectivity index (χ1) is 8.88. The molecule has 1 heterocycles. The van der Waals surface area contributed by atoms with Gasteiger partial charge in [-0.1, -0.05) is 11.6 Å². The molecule has 1 aromatic carbocycles. The van der Waals surface area contributed by atoms with Crippen molar-refractivity contribution in [1.82, 2.24) is 4.72 Å². The highest BCUT2D eigenvalue weighted by Crippen LogP contribution is 2.26. The molecule has 2 unspecified atom stereocenters. The third kappa shape index (κ3) is 3.92. The van der Waals surface area contributed by atoms with Crippen LogP contribution in [0, 0.1) is 0 Å². The summed E-state index contributed by atoms with van der Waals surface area (Å²) < 4.78 is 33.2. The second kappa shape index (κ2) is 6.10. The zero-order chi connectivity index (χ0) is 14.0. The van der Waals surface area contributed by atoms with Crippen molar-refractivity contribution < 1.29 is 13.2 Å². The van der Waals surface area contributed by atoms with Crippen molar-refractivity contribution >= 4 is 37.6 Å². The van der Waals surface area contributed by atoms with Gasteiger partial charge in [0.15, 0.2) is 0 Å². The van der Waals surface area contributed by atoms with Crippen LogP contribution in [0.3, 0.4) is 0 Å². The fraction of sp³-hybridized carbons (Fsp3) is 0.500. The Bertz CT molecular complexity index is 564. The SMILES string of the molecule is CC1CC(NS(=O)(=O)c2ccc(Cl)c(Br)c2)CCO1. The van der Waals surface area contributed by atoms with E-state index < -0.39 is 10.0 Å². The third-order valence-electron chi connectivity index (χ3n) is 3.01. The summed E-state index contributed by atoms with van der Waals surface area (Å²) in [6.45, 7) is 2.53. The summed E-state index contributed by atoms with van der Waals surface area (Å²) in [5, 5.41) is 0.485. The zero-order valence-electron chi connectivity index (χ0n) is 10.4. The fourth-order valence-electron chi connectivity index (χ4n) is 2.04. The van der Waals surface area contributed by atoms with E-state index in [4.69, 9.17) is 16.3 Å². The molecular weight excluding hydrogens is 354 g/mol. The van der Waals surface area contributed by atoms with Gasteiger partial charge in [0.2, 0.25) is 10.0 Å². The Morgan fingerprint density at radius 1 is 1.47 bits per heavy atom. The fourth-order valence-corrected chi connectivity index (χ4v) is 3.99. The molecule has 2 rings (SSSR count). The van der Waals surface area contributed by atoms with Crippen molar-refractivity contribution in [3.8, 4) is 0 Å². The van der Waals surface area contributed by atoms with Crippen molar-refractivity contribution in [2.75, 3.05) is 6.61 Å². The molecule has 7 heteroatoms. The molecule has 1 fully saturated rings. The van der Waals surface area contributed by atoms with E-state index in [-0.39, 0.29) is 17.0 Å². The first-order valence-corrected chi connectivity index (χ1v) is 8.63. The Morgan fingerprint density at radius 2 is 2.21 bits per heavy atom. The maximum absolute atomic E-state index is 12.3. The van der Waals surface area contributed by atoms with E-state index in [2.05, 4.69) is 20.7 Å². The second-order valence-corrected chi connectivity index (χ2v) is 7.58. The van der Waals surface area contributed by atoms with Gasteiger partial charge in [0.25, 0.3) is 0 Å². The van der Waals surface area contributed by atoms with Crippen molar-refractivity contribution in [1.29, 1.82) is 0 Å². The standard InChI is InChI=1S/C12H15BrClNO3S/c1-8-6-9(4-5-18-8)15-19(16,17)10-2-3-12(14)11(13)7-10/h2-3,7-9,15H,4-6H2,1H3. The number of nitrogens with one attached hydrogen (secondary N) is 1. The Kier molecular flexibility index (Phi) is 4.89. The van der Waals surface area contributed by atoms with Crippen LogP contribution in [0.25, 0.3) is 0 Å². The van der Waals surface area contributed by atoms with E-state index in [0.29, 0.717) is 28.9 Å². The largest absolute Gasteiger partial charge is 0.378 e. The normalized spacial score (nSPS) is 24.4. The molecule has 0 spiro atoms. The van der Waals surface area contributed by atoms with Crippen LogP contribution in [0.5, 0.6) is 0 Å². The van der Waals surface area contributed by atoms with Crippen LogP contribution in [0.15, 0.2) is 27.6 Å². The zero-order valence-corrected chi connectivity index (χ0v) is 13.6. The molecule has 0 radical (unpaired) electrons. The van der Waals surface area contributed by atoms with E-state index >= 15 is 0 Å². The maximum atomic E-state index is 12.3. The summed E-state index contributed by atoms with van der Waals surface area (Å²) in [5.41, 5.74) is 0. The Balaban J connectivity index is 2.15. The van der Waals surface area contributed by atoms with Gasteiger partial charge in [-0.2, -0.15) is 0 Å². The first-order valence-electron chi connectivity index (χ1n) is 5.97. The molecule has 19 heavy (non-hydrogen) atoms. The maximum Gasteiger partial charge on any atom is 0.240 e. The number of rotatable bonds is 3. The minimum Gasteiger partial charge on any atom is -0.378 e. The number of hydrogen-bond donors (Lipinski definition) is 1. The smallest absolute Gasteiger partial charge is 0.240 e. The van der Waals surface area contributed by atoms with Crippen LogP contribution >= 0.6 is 27.5 Å². The molecule has 1 aromatic rings. The summed E-state index contributed by atoms with van der Waals surface area (Å²) in [6.07, 6.45) is 1.46. The van der Waals surface area contributed by atoms with Crippen LogP contribution in [0.1, 0.15) is 19.8 Å². The van der Waals surface area contributed by atoms with Crippen LogP contribution in [0.4, 0.5) is 0 Å². The van der Waals surface area contributed by atoms with Crippen molar-refractivity contribution in [3.63, 3.8) is 0 Å². The molecule has 4 nitrogen and oxygen atoms in total. The van der Waals surface area contributed by atoms with E-state index in [1.807, 2.05) is 6.92 Å². The summed E-state index contributed by atoms with van der Waals surface area (Å²) in [6, 6.07) is 4.49. The number of benzene rings is 1. The lowest BCUT2D eigenvalue weighted by Gasteiger charge is -2.27. The van der Waals surface area contributed by atoms with Crippen LogP contribution in [-0.4, -0.2) is 27.2 Å². The molecule has 0 saturated carbocycles. The molecule has 0 amide bonds. The van der Waals surface area contributed by atoms with E-state index in [1.165, 1.54) is 12.1 Å². The molecule has 1 aliphatic rings. The average molecular weight is 369 g/mol. The molecule has 106 valence electrons. The molecule has 0 aliphatic carbocycles. The molecule has 1 aliphatic heterocycles. The van der Waals surface area contributed by atoms with Gasteiger partial charge >= 0.3 is 0 Å². The molecule has 0 aromatic heterocycles. The Morgan fingerprint density at radius 3 is 2.84 bits per heavy atom. The van der Waals surface area contributed by atoms with Gasteiger partial charge in [-0.05, 0) is 53.9 Å². The second-order valence-electron chi connectivity index (χ2n) is 4.60. The van der Waals surface area contributed by atoms with Crippen LogP contribution < -0.4 is 4.72 Å². The highest BCUT2D eigenvalue weighted by atomic mass is 79.9. The van der Waals surface area contributed by atoms with Crippen molar-refractivity contribution in [2.24, 2.45) is 0 Å². The molecule has 1 saturated heterocycles. The average Bonchev–Trinajstić information content (AvgIpc) is 2.32. The highest BCUT2D eigenvalue weighted by molar-refractivity contribution is 9.10. The van der Waals surface area contributed by atoms with Gasteiger partial charge in [-0.3, -0.25) is 0 Å². The van der Waals surface area contributed by atoms with Gasteiger partial charge in [-0.25, -0.2) is 13.1 Å². The quantitative estimate of drug-likeness (QED) is 0.892. The van der Waals surface area contributed by atoms with E-state index in [9.17, 15) is 8.42 Å². The number of halogens is 2. The molecule has 2 atom stereocenters. The molecule has 0 bridgehead atoms. The Labute approximate surface area is 126 Å². The number of hydrogen-bond acceptors (Lipinski definition) is 3. The first kappa shape index (κ1) is 15.3. The monoisotopic (exact) mass is 367 g/mol. The van der Waals surface area contributed by atoms with Gasteiger partial charge in [0.1, 0.15) is 0 Å². The van der Waals surface area contributed by atoms with E-state index in [0.717, 1.165) is 0 Å². The number of ether oxygens (including phenoxy) is 1. The van der Waals surface area contributed by atoms with Crippen molar-refractivity contribution in [3.05, 3.63) is 27.7 Å². The van der Waals surface area contributed by atoms with Gasteiger partial charge in [0, 0.05) is 17.1 Å². The summed E-state index contributed by atoms with van der Waals surface area (Å²) in [7, 11) is -3.52. The minimum absolute atomic E-state index is 0.0804. The minimum atomic E-state index is -3.52. The summed E-state index contributed by atoms with van der Waals surface area (Å²) in [5.74, 6) is 0. The Hall–Kier alpha value is -0.140. The molecule has 1 N–H and O–H groups in total. The number of sulfonamides is 1. The lowest BCUT2D eigenvalue weighted by atomic mass is 10.1. The van der Waals surface area contributed by atoms with Crippen molar-refractivity contribution in [2.45, 2.75) is 36.8 Å². The van der Waals surface area contributed by atoms with E-state index in [1.54, 1.807) is 6.07 Å². The topological polar surface area (TPSA) is 55.4 Å². The molecular formula is C12H15BrClNO3S. The summed E-state index contributed by atoms with van der Waals surface area (Å²) >= 11 is 9.09. The highest BCUT2D eigenvalue weighted by Gasteiger charge is 2.25. The van der Waals surface area contributed by atoms with Gasteiger partial charge in [-0.15, -0.1) is 0 Å². The van der Waals surface area contributed by atoms with Gasteiger partial charge in [0.05, 0.1) is 16.0 Å². The third-order valence-corrected chi connectivity index (χ3v) is 5.74. The summed E-state index contributed by atoms with van der Waals surface area (Å²) in [4.78, 5) is 0.211. The van der Waals surface area contributed by atoms with Gasteiger partial charge < -0.3 is 4.74 Å². The van der Waals surface area contributed by atoms with Crippen LogP contribution in [-0.2, 0) is 14.8 Å². The lowest BCUT2D eigenvalue weighted by Crippen LogP contribution is -2.41. The predicted octanol–water partition coefficient (Wildman–Crippen LogP) is 2.95. The predicted molar refractivity (Wildman–Crippen MR) is 77.9 cm³/mol. The lowest BCUT2D eigenvalue weighted by molar-refractivity contribution is 0.0173.